The average molecular weight is 399 g/mol. The average Bonchev–Trinajstić information content (AvgIpc) is 3.12. The Morgan fingerprint density at radius 3 is 2.71 bits per heavy atom. The van der Waals surface area contributed by atoms with Crippen molar-refractivity contribution in [1.29, 1.82) is 0 Å². The molecule has 0 unspecified atom stereocenters. The lowest BCUT2D eigenvalue weighted by molar-refractivity contribution is -0.125. The molecule has 0 radical (unpaired) electrons. The van der Waals surface area contributed by atoms with E-state index in [1.54, 1.807) is 35.1 Å². The monoisotopic (exact) mass is 398 g/mol. The van der Waals surface area contributed by atoms with Gasteiger partial charge in [0.25, 0.3) is 0 Å². The summed E-state index contributed by atoms with van der Waals surface area (Å²) < 4.78 is 5.61. The molecule has 0 aromatic heterocycles. The van der Waals surface area contributed by atoms with E-state index in [9.17, 15) is 9.59 Å². The Labute approximate surface area is 170 Å². The van der Waals surface area contributed by atoms with Crippen LogP contribution in [0.25, 0.3) is 6.08 Å². The largest absolute Gasteiger partial charge is 0.492 e. The molecule has 2 aromatic rings. The van der Waals surface area contributed by atoms with Gasteiger partial charge in [0.2, 0.25) is 11.8 Å². The van der Waals surface area contributed by atoms with E-state index in [0.29, 0.717) is 30.3 Å². The Hall–Kier alpha value is -2.79. The van der Waals surface area contributed by atoms with Gasteiger partial charge in [-0.05, 0) is 48.4 Å². The van der Waals surface area contributed by atoms with Gasteiger partial charge >= 0.3 is 0 Å². The molecule has 146 valence electrons. The molecule has 0 spiro atoms. The molecule has 0 atom stereocenters. The zero-order chi connectivity index (χ0) is 19.9. The minimum Gasteiger partial charge on any atom is -0.492 e. The van der Waals surface area contributed by atoms with Crippen LogP contribution in [0.1, 0.15) is 18.4 Å². The van der Waals surface area contributed by atoms with Gasteiger partial charge in [0, 0.05) is 36.8 Å². The maximum atomic E-state index is 12.2. The van der Waals surface area contributed by atoms with Crippen molar-refractivity contribution in [2.45, 2.75) is 12.8 Å². The van der Waals surface area contributed by atoms with Crippen molar-refractivity contribution in [1.82, 2.24) is 4.90 Å². The lowest BCUT2D eigenvalue weighted by Crippen LogP contribution is -2.29. The van der Waals surface area contributed by atoms with Crippen LogP contribution in [0.3, 0.4) is 0 Å². The Morgan fingerprint density at radius 2 is 2.04 bits per heavy atom. The third-order valence-corrected chi connectivity index (χ3v) is 4.80. The fourth-order valence-electron chi connectivity index (χ4n) is 2.95. The fourth-order valence-corrected chi connectivity index (χ4v) is 3.13. The van der Waals surface area contributed by atoms with E-state index in [0.717, 1.165) is 24.2 Å². The fraction of sp³-hybridized carbons (Fsp3) is 0.273. The highest BCUT2D eigenvalue weighted by molar-refractivity contribution is 6.30. The first-order valence-electron chi connectivity index (χ1n) is 9.25. The smallest absolute Gasteiger partial charge is 0.246 e. The molecule has 6 heteroatoms. The number of rotatable bonds is 7. The topological polar surface area (TPSA) is 49.9 Å². The summed E-state index contributed by atoms with van der Waals surface area (Å²) in [6.07, 6.45) is 4.83. The molecule has 1 aliphatic heterocycles. The third-order valence-electron chi connectivity index (χ3n) is 4.56. The van der Waals surface area contributed by atoms with E-state index in [1.807, 2.05) is 36.4 Å². The molecule has 1 heterocycles. The minimum atomic E-state index is -0.103. The summed E-state index contributed by atoms with van der Waals surface area (Å²) >= 11 is 5.92. The van der Waals surface area contributed by atoms with Gasteiger partial charge in [-0.15, -0.1) is 0 Å². The summed E-state index contributed by atoms with van der Waals surface area (Å²) in [6, 6.07) is 14.8. The van der Waals surface area contributed by atoms with Crippen molar-refractivity contribution >= 4 is 35.2 Å². The Bertz CT molecular complexity index is 864. The van der Waals surface area contributed by atoms with E-state index < -0.39 is 0 Å². The third kappa shape index (κ3) is 5.36. The van der Waals surface area contributed by atoms with Crippen LogP contribution < -0.4 is 9.64 Å². The number of nitrogens with zero attached hydrogens (tertiary/aromatic N) is 2. The van der Waals surface area contributed by atoms with Crippen LogP contribution in [0.5, 0.6) is 5.75 Å². The summed E-state index contributed by atoms with van der Waals surface area (Å²) in [5, 5.41) is 0.616. The highest BCUT2D eigenvalue weighted by Crippen LogP contribution is 2.22. The van der Waals surface area contributed by atoms with Crippen molar-refractivity contribution in [2.24, 2.45) is 0 Å². The van der Waals surface area contributed by atoms with Crippen molar-refractivity contribution in [2.75, 3.05) is 31.6 Å². The summed E-state index contributed by atoms with van der Waals surface area (Å²) in [7, 11) is 1.73. The summed E-state index contributed by atoms with van der Waals surface area (Å²) in [6.45, 7) is 1.62. The molecule has 1 saturated heterocycles. The van der Waals surface area contributed by atoms with Crippen LogP contribution in [0, 0.1) is 0 Å². The number of amides is 2. The molecule has 2 aromatic carbocycles. The zero-order valence-corrected chi connectivity index (χ0v) is 16.6. The highest BCUT2D eigenvalue weighted by atomic mass is 35.5. The predicted octanol–water partition coefficient (Wildman–Crippen LogP) is 4.02. The number of benzene rings is 2. The van der Waals surface area contributed by atoms with Crippen molar-refractivity contribution in [3.63, 3.8) is 0 Å². The van der Waals surface area contributed by atoms with Gasteiger partial charge in [0.15, 0.2) is 0 Å². The van der Waals surface area contributed by atoms with E-state index in [4.69, 9.17) is 16.3 Å². The number of likely N-dealkylation sites (N-methyl/N-ethyl adjacent to an activating group) is 1. The summed E-state index contributed by atoms with van der Waals surface area (Å²) in [4.78, 5) is 27.4. The molecule has 0 N–H and O–H groups in total. The van der Waals surface area contributed by atoms with Crippen LogP contribution in [0.15, 0.2) is 54.6 Å². The lowest BCUT2D eigenvalue weighted by atomic mass is 10.2. The summed E-state index contributed by atoms with van der Waals surface area (Å²) in [5.41, 5.74) is 1.81. The summed E-state index contributed by atoms with van der Waals surface area (Å²) in [5.74, 6) is 0.744. The maximum absolute atomic E-state index is 12.2. The van der Waals surface area contributed by atoms with Crippen LogP contribution in [0.2, 0.25) is 5.02 Å². The lowest BCUT2D eigenvalue weighted by Gasteiger charge is -2.16. The molecule has 1 fully saturated rings. The van der Waals surface area contributed by atoms with E-state index in [2.05, 4.69) is 0 Å². The van der Waals surface area contributed by atoms with Gasteiger partial charge in [-0.2, -0.15) is 0 Å². The van der Waals surface area contributed by atoms with Crippen molar-refractivity contribution in [3.05, 3.63) is 65.2 Å². The van der Waals surface area contributed by atoms with E-state index in [1.165, 1.54) is 6.08 Å². The van der Waals surface area contributed by atoms with Gasteiger partial charge in [-0.1, -0.05) is 29.8 Å². The van der Waals surface area contributed by atoms with Gasteiger partial charge in [0.05, 0.1) is 6.54 Å². The Kier molecular flexibility index (Phi) is 6.71. The number of carbonyl (C=O) groups excluding carboxylic acids is 2. The van der Waals surface area contributed by atoms with Crippen LogP contribution in [-0.2, 0) is 9.59 Å². The quantitative estimate of drug-likeness (QED) is 0.662. The Morgan fingerprint density at radius 1 is 1.25 bits per heavy atom. The second kappa shape index (κ2) is 9.42. The van der Waals surface area contributed by atoms with Gasteiger partial charge in [0.1, 0.15) is 12.4 Å². The zero-order valence-electron chi connectivity index (χ0n) is 15.8. The number of carbonyl (C=O) groups is 2. The molecular formula is C22H23ClN2O3. The molecular weight excluding hydrogens is 376 g/mol. The molecule has 2 amide bonds. The van der Waals surface area contributed by atoms with Crippen molar-refractivity contribution < 1.29 is 14.3 Å². The molecule has 0 bridgehead atoms. The minimum absolute atomic E-state index is 0.103. The number of anilines is 1. The number of hydrogen-bond acceptors (Lipinski definition) is 3. The van der Waals surface area contributed by atoms with E-state index >= 15 is 0 Å². The first-order valence-corrected chi connectivity index (χ1v) is 9.63. The molecule has 1 aliphatic rings. The molecule has 0 saturated carbocycles. The predicted molar refractivity (Wildman–Crippen MR) is 112 cm³/mol. The van der Waals surface area contributed by atoms with Gasteiger partial charge < -0.3 is 14.5 Å². The Balaban J connectivity index is 1.47. The second-order valence-corrected chi connectivity index (χ2v) is 7.08. The number of ether oxygens (including phenoxy) is 1. The first kappa shape index (κ1) is 20.0. The number of hydrogen-bond donors (Lipinski definition) is 0. The first-order chi connectivity index (χ1) is 13.5. The van der Waals surface area contributed by atoms with Crippen LogP contribution in [-0.4, -0.2) is 43.5 Å². The van der Waals surface area contributed by atoms with Crippen molar-refractivity contribution in [3.8, 4) is 5.75 Å². The SMILES string of the molecule is CN(CCOc1cccc(Cl)c1)C(=O)/C=C/c1ccc(N2CCCC2=O)cc1. The van der Waals surface area contributed by atoms with Crippen LogP contribution >= 0.6 is 11.6 Å². The normalized spacial score (nSPS) is 13.9. The molecule has 3 rings (SSSR count). The van der Waals surface area contributed by atoms with Gasteiger partial charge in [-0.25, -0.2) is 0 Å². The number of halogens is 1. The standard InChI is InChI=1S/C22H23ClN2O3/c1-24(14-15-28-20-5-2-4-18(23)16-20)21(26)12-9-17-7-10-19(11-8-17)25-13-3-6-22(25)27/h2,4-5,7-12,16H,3,6,13-15H2,1H3/b12-9+. The van der Waals surface area contributed by atoms with E-state index in [-0.39, 0.29) is 11.8 Å². The maximum Gasteiger partial charge on any atom is 0.246 e. The molecule has 5 nitrogen and oxygen atoms in total. The van der Waals surface area contributed by atoms with Gasteiger partial charge in [-0.3, -0.25) is 9.59 Å². The van der Waals surface area contributed by atoms with Crippen LogP contribution in [0.4, 0.5) is 5.69 Å². The second-order valence-electron chi connectivity index (χ2n) is 6.64. The highest BCUT2D eigenvalue weighted by Gasteiger charge is 2.21. The molecule has 28 heavy (non-hydrogen) atoms. The molecule has 0 aliphatic carbocycles.